The van der Waals surface area contributed by atoms with Crippen LogP contribution >= 0.6 is 23.8 Å². The van der Waals surface area contributed by atoms with Gasteiger partial charge in [-0.05, 0) is 85.7 Å². The van der Waals surface area contributed by atoms with Gasteiger partial charge in [-0.15, -0.1) is 0 Å². The minimum Gasteiger partial charge on any atom is -0.506 e. The minimum atomic E-state index is -0.140. The van der Waals surface area contributed by atoms with E-state index in [0.29, 0.717) is 22.4 Å². The van der Waals surface area contributed by atoms with Gasteiger partial charge in [0.2, 0.25) is 0 Å². The normalized spacial score (nSPS) is 17.3. The van der Waals surface area contributed by atoms with Crippen molar-refractivity contribution < 1.29 is 9.84 Å². The van der Waals surface area contributed by atoms with Crippen molar-refractivity contribution in [1.29, 1.82) is 0 Å². The highest BCUT2D eigenvalue weighted by molar-refractivity contribution is 7.80. The Labute approximate surface area is 221 Å². The summed E-state index contributed by atoms with van der Waals surface area (Å²) in [6.07, 6.45) is 1.80. The van der Waals surface area contributed by atoms with Crippen molar-refractivity contribution in [2.45, 2.75) is 32.5 Å². The van der Waals surface area contributed by atoms with Crippen LogP contribution in [-0.2, 0) is 6.54 Å². The Morgan fingerprint density at radius 2 is 1.86 bits per heavy atom. The standard InChI is InChI=1S/C28H27ClN4O2S/c1-17-14-22(18(2)33(17)24-15-20(29)9-12-25(24)34)27-26(23-6-4-5-13-30-23)31-28(36)32(27)16-19-7-10-21(35-3)11-8-19/h4-15,26-27,34H,16H2,1-3H3,(H,31,36)/t26-,27+/m0/s1. The molecule has 2 aromatic heterocycles. The molecule has 0 radical (unpaired) electrons. The quantitative estimate of drug-likeness (QED) is 0.304. The highest BCUT2D eigenvalue weighted by Crippen LogP contribution is 2.43. The van der Waals surface area contributed by atoms with Gasteiger partial charge in [-0.25, -0.2) is 0 Å². The molecular formula is C28H27ClN4O2S. The fourth-order valence-corrected chi connectivity index (χ4v) is 5.45. The van der Waals surface area contributed by atoms with Crippen molar-refractivity contribution in [3.05, 3.63) is 106 Å². The van der Waals surface area contributed by atoms with Crippen LogP contribution in [-0.4, -0.2) is 31.8 Å². The number of nitrogens with zero attached hydrogens (tertiary/aromatic N) is 3. The summed E-state index contributed by atoms with van der Waals surface area (Å²) in [6, 6.07) is 20.9. The zero-order valence-corrected chi connectivity index (χ0v) is 21.8. The van der Waals surface area contributed by atoms with Crippen molar-refractivity contribution in [3.8, 4) is 17.2 Å². The average Bonchev–Trinajstić information content (AvgIpc) is 3.36. The van der Waals surface area contributed by atoms with Crippen LogP contribution in [0.1, 0.15) is 40.3 Å². The Morgan fingerprint density at radius 3 is 2.56 bits per heavy atom. The lowest BCUT2D eigenvalue weighted by atomic mass is 9.96. The number of hydrogen-bond donors (Lipinski definition) is 2. The van der Waals surface area contributed by atoms with E-state index in [1.54, 1.807) is 31.5 Å². The molecule has 8 heteroatoms. The molecule has 0 saturated carbocycles. The van der Waals surface area contributed by atoms with Gasteiger partial charge in [0.25, 0.3) is 0 Å². The van der Waals surface area contributed by atoms with Gasteiger partial charge in [-0.3, -0.25) is 4.98 Å². The largest absolute Gasteiger partial charge is 0.506 e. The number of nitrogens with one attached hydrogen (secondary N) is 1. The van der Waals surface area contributed by atoms with Gasteiger partial charge < -0.3 is 24.6 Å². The van der Waals surface area contributed by atoms with Crippen LogP contribution in [0.15, 0.2) is 72.9 Å². The van der Waals surface area contributed by atoms with Gasteiger partial charge >= 0.3 is 0 Å². The number of rotatable bonds is 6. The molecule has 1 saturated heterocycles. The third-order valence-corrected chi connectivity index (χ3v) is 7.26. The third kappa shape index (κ3) is 4.40. The van der Waals surface area contributed by atoms with E-state index in [2.05, 4.69) is 40.3 Å². The van der Waals surface area contributed by atoms with Crippen molar-refractivity contribution in [3.63, 3.8) is 0 Å². The SMILES string of the molecule is COc1ccc(CN2C(=S)N[C@@H](c3ccccn3)[C@H]2c2cc(C)n(-c3cc(Cl)ccc3O)c2C)cc1. The van der Waals surface area contributed by atoms with Crippen LogP contribution in [0, 0.1) is 13.8 Å². The number of benzene rings is 2. The summed E-state index contributed by atoms with van der Waals surface area (Å²) in [5.74, 6) is 0.984. The van der Waals surface area contributed by atoms with E-state index in [1.165, 1.54) is 0 Å². The molecular weight excluding hydrogens is 492 g/mol. The van der Waals surface area contributed by atoms with Crippen LogP contribution in [0.25, 0.3) is 5.69 Å². The van der Waals surface area contributed by atoms with E-state index < -0.39 is 0 Å². The van der Waals surface area contributed by atoms with E-state index >= 15 is 0 Å². The molecule has 2 atom stereocenters. The second kappa shape index (κ2) is 9.84. The lowest BCUT2D eigenvalue weighted by Gasteiger charge is -2.28. The van der Waals surface area contributed by atoms with E-state index in [-0.39, 0.29) is 17.8 Å². The first-order chi connectivity index (χ1) is 17.4. The topological polar surface area (TPSA) is 62.5 Å². The van der Waals surface area contributed by atoms with Gasteiger partial charge in [0.1, 0.15) is 11.5 Å². The predicted octanol–water partition coefficient (Wildman–Crippen LogP) is 6.03. The highest BCUT2D eigenvalue weighted by Gasteiger charge is 2.41. The van der Waals surface area contributed by atoms with Crippen molar-refractivity contribution >= 4 is 28.9 Å². The maximum atomic E-state index is 10.6. The maximum Gasteiger partial charge on any atom is 0.170 e. The monoisotopic (exact) mass is 518 g/mol. The molecule has 0 aliphatic carbocycles. The fourth-order valence-electron chi connectivity index (χ4n) is 4.98. The molecule has 1 aliphatic heterocycles. The maximum absolute atomic E-state index is 10.6. The molecule has 2 aromatic carbocycles. The van der Waals surface area contributed by atoms with Crippen LogP contribution in [0.4, 0.5) is 0 Å². The number of aromatic hydroxyl groups is 1. The number of phenolic OH excluding ortho intramolecular Hbond substituents is 1. The van der Waals surface area contributed by atoms with E-state index in [9.17, 15) is 5.11 Å². The lowest BCUT2D eigenvalue weighted by Crippen LogP contribution is -2.29. The predicted molar refractivity (Wildman–Crippen MR) is 146 cm³/mol. The van der Waals surface area contributed by atoms with Gasteiger partial charge in [0, 0.05) is 29.2 Å². The van der Waals surface area contributed by atoms with Crippen LogP contribution in [0.3, 0.4) is 0 Å². The molecule has 6 nitrogen and oxygen atoms in total. The zero-order chi connectivity index (χ0) is 25.4. The molecule has 2 N–H and O–H groups in total. The molecule has 4 aromatic rings. The zero-order valence-electron chi connectivity index (χ0n) is 20.3. The number of hydrogen-bond acceptors (Lipinski definition) is 4. The molecule has 0 unspecified atom stereocenters. The molecule has 3 heterocycles. The Morgan fingerprint density at radius 1 is 1.08 bits per heavy atom. The first-order valence-electron chi connectivity index (χ1n) is 11.7. The number of aryl methyl sites for hydroxylation is 1. The van der Waals surface area contributed by atoms with Crippen molar-refractivity contribution in [1.82, 2.24) is 19.8 Å². The van der Waals surface area contributed by atoms with Gasteiger partial charge in [-0.1, -0.05) is 29.8 Å². The van der Waals surface area contributed by atoms with Crippen molar-refractivity contribution in [2.24, 2.45) is 0 Å². The number of halogens is 1. The van der Waals surface area contributed by atoms with Gasteiger partial charge in [-0.2, -0.15) is 0 Å². The highest BCUT2D eigenvalue weighted by atomic mass is 35.5. The molecule has 5 rings (SSSR count). The van der Waals surface area contributed by atoms with Gasteiger partial charge in [0.05, 0.1) is 30.6 Å². The van der Waals surface area contributed by atoms with E-state index in [0.717, 1.165) is 34.0 Å². The number of phenols is 1. The van der Waals surface area contributed by atoms with Crippen LogP contribution in [0.2, 0.25) is 5.02 Å². The Bertz CT molecular complexity index is 1410. The summed E-state index contributed by atoms with van der Waals surface area (Å²) in [7, 11) is 1.66. The first kappa shape index (κ1) is 24.2. The summed E-state index contributed by atoms with van der Waals surface area (Å²) < 4.78 is 7.37. The van der Waals surface area contributed by atoms with E-state index in [4.69, 9.17) is 28.6 Å². The molecule has 36 heavy (non-hydrogen) atoms. The fraction of sp³-hybridized carbons (Fsp3) is 0.214. The third-order valence-electron chi connectivity index (χ3n) is 6.68. The second-order valence-electron chi connectivity index (χ2n) is 8.90. The average molecular weight is 519 g/mol. The minimum absolute atomic E-state index is 0.115. The Balaban J connectivity index is 1.61. The van der Waals surface area contributed by atoms with E-state index in [1.807, 2.05) is 41.8 Å². The Kier molecular flexibility index (Phi) is 6.60. The number of thiocarbonyl (C=S) groups is 1. The number of pyridine rings is 1. The first-order valence-corrected chi connectivity index (χ1v) is 12.4. The second-order valence-corrected chi connectivity index (χ2v) is 9.72. The summed E-state index contributed by atoms with van der Waals surface area (Å²) in [5.41, 5.74) is 5.77. The van der Waals surface area contributed by atoms with Crippen LogP contribution in [0.5, 0.6) is 11.5 Å². The smallest absolute Gasteiger partial charge is 0.170 e. The molecule has 184 valence electrons. The Hall–Kier alpha value is -3.55. The summed E-state index contributed by atoms with van der Waals surface area (Å²) in [4.78, 5) is 6.86. The van der Waals surface area contributed by atoms with Crippen molar-refractivity contribution in [2.75, 3.05) is 7.11 Å². The number of ether oxygens (including phenoxy) is 1. The molecule has 1 aliphatic rings. The summed E-state index contributed by atoms with van der Waals surface area (Å²) >= 11 is 12.1. The number of aromatic nitrogens is 2. The molecule has 0 amide bonds. The molecule has 0 bridgehead atoms. The molecule has 0 spiro atoms. The summed E-state index contributed by atoms with van der Waals surface area (Å²) in [6.45, 7) is 4.71. The van der Waals surface area contributed by atoms with Crippen LogP contribution < -0.4 is 10.1 Å². The van der Waals surface area contributed by atoms with Gasteiger partial charge in [0.15, 0.2) is 5.11 Å². The lowest BCUT2D eigenvalue weighted by molar-refractivity contribution is 0.310. The molecule has 1 fully saturated rings. The summed E-state index contributed by atoms with van der Waals surface area (Å²) in [5, 5.41) is 15.4. The number of methoxy groups -OCH3 is 1.